The van der Waals surface area contributed by atoms with Gasteiger partial charge in [-0.15, -0.1) is 0 Å². The van der Waals surface area contributed by atoms with Gasteiger partial charge in [0.1, 0.15) is 48.3 Å². The van der Waals surface area contributed by atoms with Crippen LogP contribution in [0.15, 0.2) is 0 Å². The molecule has 30 heteroatoms. The number of carboxylic acids is 4. The summed E-state index contributed by atoms with van der Waals surface area (Å²) < 4.78 is 0. The zero-order chi connectivity index (χ0) is 53.7. The van der Waals surface area contributed by atoms with Gasteiger partial charge in [0.05, 0.1) is 19.1 Å². The zero-order valence-corrected chi connectivity index (χ0v) is 38.9. The average molecular weight is 1010 g/mol. The van der Waals surface area contributed by atoms with E-state index in [0.717, 1.165) is 6.92 Å². The number of hydrogen-bond donors (Lipinski definition) is 17. The smallest absolute Gasteiger partial charge is 0.326 e. The van der Waals surface area contributed by atoms with Crippen molar-refractivity contribution in [2.45, 2.75) is 152 Å². The molecule has 70 heavy (non-hydrogen) atoms. The van der Waals surface area contributed by atoms with E-state index >= 15 is 0 Å². The number of amides is 9. The van der Waals surface area contributed by atoms with Gasteiger partial charge in [0.15, 0.2) is 0 Å². The summed E-state index contributed by atoms with van der Waals surface area (Å²) in [5, 5.41) is 65.3. The van der Waals surface area contributed by atoms with Crippen LogP contribution in [0.1, 0.15) is 97.3 Å². The number of primary amides is 1. The average Bonchev–Trinajstić information content (AvgIpc) is 3.27. The van der Waals surface area contributed by atoms with Crippen molar-refractivity contribution in [3.63, 3.8) is 0 Å². The molecule has 0 bridgehead atoms. The Hall–Kier alpha value is -7.05. The third kappa shape index (κ3) is 25.9. The number of nitrogens with one attached hydrogen (secondary N) is 8. The first-order valence-corrected chi connectivity index (χ1v) is 22.1. The fourth-order valence-electron chi connectivity index (χ4n) is 6.06. The minimum absolute atomic E-state index is 0.00868. The molecule has 0 saturated heterocycles. The number of hydrogen-bond acceptors (Lipinski definition) is 17. The van der Waals surface area contributed by atoms with E-state index in [4.69, 9.17) is 28.0 Å². The molecule has 0 heterocycles. The summed E-state index contributed by atoms with van der Waals surface area (Å²) in [6, 6.07) is -14.6. The van der Waals surface area contributed by atoms with E-state index in [2.05, 4.69) is 37.2 Å². The van der Waals surface area contributed by atoms with Crippen LogP contribution >= 0.6 is 0 Å². The quantitative estimate of drug-likeness (QED) is 0.0257. The Morgan fingerprint density at radius 2 is 0.757 bits per heavy atom. The standard InChI is InChI=1S/C40H68N12O18/c1-19(43)32(61)46-23(10-13-29(55)56)36(65)49-22(9-12-28(44)54)34(63)45-20(2)33(62)47-24(11-14-30(57)58)37(66)52-27(18-53)39(68)51-26(17-31(59)60)38(67)48-21(7-3-5-15-41)35(64)50-25(40(69)70)8-4-6-16-42/h19-27,53H,3-18,41-43H2,1-2H3,(H2,44,54)(H,45,63)(H,46,61)(H,47,62)(H,48,67)(H,49,65)(H,50,64)(H,51,68)(H,52,66)(H,55,56)(H,57,58)(H,59,60)(H,69,70)/t19-,20-,21-,22-,23-,24-,25-,26-,27-/m0/s1. The molecule has 0 aromatic rings. The molecule has 396 valence electrons. The highest BCUT2D eigenvalue weighted by molar-refractivity contribution is 5.99. The fourth-order valence-corrected chi connectivity index (χ4v) is 6.06. The van der Waals surface area contributed by atoms with Gasteiger partial charge in [-0.3, -0.25) is 57.5 Å². The molecule has 9 atom stereocenters. The number of nitrogens with two attached hydrogens (primary N) is 4. The maximum atomic E-state index is 13.5. The van der Waals surface area contributed by atoms with Gasteiger partial charge in [-0.2, -0.15) is 0 Å². The van der Waals surface area contributed by atoms with Crippen LogP contribution in [0.5, 0.6) is 0 Å². The number of carboxylic acid groups (broad SMARTS) is 4. The van der Waals surface area contributed by atoms with Crippen LogP contribution in [0, 0.1) is 0 Å². The Morgan fingerprint density at radius 1 is 0.414 bits per heavy atom. The van der Waals surface area contributed by atoms with Gasteiger partial charge in [-0.1, -0.05) is 0 Å². The second kappa shape index (κ2) is 33.4. The van der Waals surface area contributed by atoms with Crippen LogP contribution in [0.4, 0.5) is 0 Å². The Balaban J connectivity index is 6.31. The van der Waals surface area contributed by atoms with E-state index in [1.54, 1.807) is 0 Å². The summed E-state index contributed by atoms with van der Waals surface area (Å²) in [7, 11) is 0. The normalized spacial score (nSPS) is 14.7. The first kappa shape index (κ1) is 63.0. The molecular weight excluding hydrogens is 937 g/mol. The molecule has 0 aromatic carbocycles. The van der Waals surface area contributed by atoms with Crippen molar-refractivity contribution in [3.05, 3.63) is 0 Å². The van der Waals surface area contributed by atoms with Gasteiger partial charge >= 0.3 is 23.9 Å². The number of aliphatic hydroxyl groups is 1. The molecular formula is C40H68N12O18. The summed E-state index contributed by atoms with van der Waals surface area (Å²) in [5.74, 6) is -15.8. The Bertz CT molecular complexity index is 1850. The van der Waals surface area contributed by atoms with Gasteiger partial charge in [0, 0.05) is 19.3 Å². The summed E-state index contributed by atoms with van der Waals surface area (Å²) in [5.41, 5.74) is 21.8. The lowest BCUT2D eigenvalue weighted by molar-refractivity contribution is -0.143. The van der Waals surface area contributed by atoms with Crippen molar-refractivity contribution in [1.82, 2.24) is 42.5 Å². The molecule has 0 unspecified atom stereocenters. The number of carbonyl (C=O) groups excluding carboxylic acids is 9. The number of aliphatic hydroxyl groups excluding tert-OH is 1. The van der Waals surface area contributed by atoms with Crippen LogP contribution in [0.3, 0.4) is 0 Å². The molecule has 0 radical (unpaired) electrons. The largest absolute Gasteiger partial charge is 0.481 e. The summed E-state index contributed by atoms with van der Waals surface area (Å²) in [6.45, 7) is 1.59. The van der Waals surface area contributed by atoms with Crippen LogP contribution in [-0.2, 0) is 62.3 Å². The Labute approximate surface area is 401 Å². The van der Waals surface area contributed by atoms with Crippen LogP contribution < -0.4 is 65.5 Å². The molecule has 0 rings (SSSR count). The molecule has 30 nitrogen and oxygen atoms in total. The predicted molar refractivity (Wildman–Crippen MR) is 240 cm³/mol. The van der Waals surface area contributed by atoms with Crippen LogP contribution in [0.2, 0.25) is 0 Å². The van der Waals surface area contributed by atoms with Crippen LogP contribution in [0.25, 0.3) is 0 Å². The maximum absolute atomic E-state index is 13.5. The summed E-state index contributed by atoms with van der Waals surface area (Å²) in [6.07, 6.45) is -3.29. The summed E-state index contributed by atoms with van der Waals surface area (Å²) >= 11 is 0. The van der Waals surface area contributed by atoms with Gasteiger partial charge in [-0.25, -0.2) is 4.79 Å². The van der Waals surface area contributed by atoms with Crippen molar-refractivity contribution in [2.24, 2.45) is 22.9 Å². The van der Waals surface area contributed by atoms with Gasteiger partial charge in [0.2, 0.25) is 53.2 Å². The molecule has 0 aromatic heterocycles. The highest BCUT2D eigenvalue weighted by Crippen LogP contribution is 2.09. The lowest BCUT2D eigenvalue weighted by atomic mass is 10.0. The van der Waals surface area contributed by atoms with Crippen LogP contribution in [-0.4, -0.2) is 177 Å². The Kier molecular flexibility index (Phi) is 30.1. The predicted octanol–water partition coefficient (Wildman–Crippen LogP) is -6.96. The molecule has 0 fully saturated rings. The second-order valence-corrected chi connectivity index (χ2v) is 16.0. The number of aliphatic carboxylic acids is 4. The van der Waals surface area contributed by atoms with Crippen molar-refractivity contribution in [1.29, 1.82) is 0 Å². The maximum Gasteiger partial charge on any atom is 0.326 e. The third-order valence-corrected chi connectivity index (χ3v) is 10.0. The minimum Gasteiger partial charge on any atom is -0.481 e. The molecule has 0 spiro atoms. The topological polar surface area (TPSA) is 523 Å². The zero-order valence-electron chi connectivity index (χ0n) is 38.9. The van der Waals surface area contributed by atoms with Gasteiger partial charge in [0.25, 0.3) is 0 Å². The van der Waals surface area contributed by atoms with E-state index in [-0.39, 0.29) is 32.4 Å². The van der Waals surface area contributed by atoms with Crippen molar-refractivity contribution < 1.29 is 87.9 Å². The lowest BCUT2D eigenvalue weighted by Crippen LogP contribution is -2.60. The van der Waals surface area contributed by atoms with Crippen molar-refractivity contribution in [3.8, 4) is 0 Å². The lowest BCUT2D eigenvalue weighted by Gasteiger charge is -2.26. The van der Waals surface area contributed by atoms with E-state index < -0.39 is 183 Å². The number of unbranched alkanes of at least 4 members (excludes halogenated alkanes) is 2. The molecule has 9 amide bonds. The van der Waals surface area contributed by atoms with Crippen molar-refractivity contribution >= 4 is 77.0 Å². The van der Waals surface area contributed by atoms with E-state index in [1.807, 2.05) is 5.32 Å². The number of rotatable bonds is 37. The van der Waals surface area contributed by atoms with Gasteiger partial charge < -0.3 is 91.0 Å². The van der Waals surface area contributed by atoms with E-state index in [9.17, 15) is 82.8 Å². The SMILES string of the molecule is C[C@H](N)C(=O)N[C@@H](CCC(=O)O)C(=O)N[C@@H](CCC(N)=O)C(=O)N[C@@H](C)C(=O)N[C@@H](CCC(=O)O)C(=O)N[C@@H](CO)C(=O)N[C@@H](CC(=O)O)C(=O)N[C@@H](CCCCN)C(=O)N[C@@H](CCCCN)C(=O)O. The first-order chi connectivity index (χ1) is 32.8. The highest BCUT2D eigenvalue weighted by Gasteiger charge is 2.35. The fraction of sp³-hybridized carbons (Fsp3) is 0.675. The molecule has 0 aliphatic carbocycles. The monoisotopic (exact) mass is 1000 g/mol. The van der Waals surface area contributed by atoms with E-state index in [1.165, 1.54) is 6.92 Å². The first-order valence-electron chi connectivity index (χ1n) is 22.1. The second-order valence-electron chi connectivity index (χ2n) is 16.0. The summed E-state index contributed by atoms with van der Waals surface area (Å²) in [4.78, 5) is 164. The minimum atomic E-state index is -2.00. The van der Waals surface area contributed by atoms with E-state index in [0.29, 0.717) is 19.3 Å². The number of carbonyl (C=O) groups is 13. The molecule has 0 aliphatic rings. The van der Waals surface area contributed by atoms with Crippen molar-refractivity contribution in [2.75, 3.05) is 19.7 Å². The van der Waals surface area contributed by atoms with Gasteiger partial charge in [-0.05, 0) is 84.7 Å². The Morgan fingerprint density at radius 3 is 1.16 bits per heavy atom. The third-order valence-electron chi connectivity index (χ3n) is 10.0. The highest BCUT2D eigenvalue weighted by atomic mass is 16.4. The molecule has 0 saturated carbocycles. The molecule has 0 aliphatic heterocycles. The molecule has 21 N–H and O–H groups in total.